The van der Waals surface area contributed by atoms with Gasteiger partial charge in [0.15, 0.2) is 0 Å². The molecule has 0 saturated carbocycles. The molecule has 7 heteroatoms. The Hall–Kier alpha value is -0.950. The van der Waals surface area contributed by atoms with Crippen molar-refractivity contribution in [2.45, 2.75) is 26.1 Å². The van der Waals surface area contributed by atoms with E-state index in [1.807, 2.05) is 13.8 Å². The van der Waals surface area contributed by atoms with Crippen LogP contribution in [0.5, 0.6) is 0 Å². The van der Waals surface area contributed by atoms with Gasteiger partial charge in [0.25, 0.3) is 0 Å². The molecule has 5 nitrogen and oxygen atoms in total. The van der Waals surface area contributed by atoms with Gasteiger partial charge >= 0.3 is 0 Å². The van der Waals surface area contributed by atoms with Gasteiger partial charge in [-0.25, -0.2) is 4.98 Å². The van der Waals surface area contributed by atoms with E-state index in [0.717, 1.165) is 22.6 Å². The molecule has 1 saturated heterocycles. The number of hydrogen-bond acceptors (Lipinski definition) is 6. The molecule has 108 valence electrons. The van der Waals surface area contributed by atoms with Crippen molar-refractivity contribution in [3.63, 3.8) is 0 Å². The molecule has 1 aliphatic rings. The first-order valence-corrected chi connectivity index (χ1v) is 7.71. The lowest BCUT2D eigenvalue weighted by molar-refractivity contribution is -0.0422. The normalized spacial score (nSPS) is 23.5. The van der Waals surface area contributed by atoms with Gasteiger partial charge in [-0.05, 0) is 31.5 Å². The van der Waals surface area contributed by atoms with Gasteiger partial charge in [-0.3, -0.25) is 0 Å². The summed E-state index contributed by atoms with van der Waals surface area (Å²) in [4.78, 5) is 12.9. The fourth-order valence-corrected chi connectivity index (χ4v) is 3.65. The van der Waals surface area contributed by atoms with Crippen molar-refractivity contribution in [3.8, 4) is 0 Å². The number of aliphatic hydroxyl groups is 1. The maximum absolute atomic E-state index is 9.34. The summed E-state index contributed by atoms with van der Waals surface area (Å²) in [6, 6.07) is 2.08. The number of thiophene rings is 1. The number of nitrogens with zero attached hydrogens (tertiary/aromatic N) is 3. The van der Waals surface area contributed by atoms with E-state index in [4.69, 9.17) is 16.3 Å². The number of aromatic nitrogens is 2. The highest BCUT2D eigenvalue weighted by molar-refractivity contribution is 7.18. The highest BCUT2D eigenvalue weighted by Gasteiger charge is 2.27. The summed E-state index contributed by atoms with van der Waals surface area (Å²) >= 11 is 7.65. The van der Waals surface area contributed by atoms with Gasteiger partial charge in [0.2, 0.25) is 5.28 Å². The number of morpholine rings is 1. The van der Waals surface area contributed by atoms with Crippen LogP contribution in [0, 0.1) is 6.92 Å². The summed E-state index contributed by atoms with van der Waals surface area (Å²) in [6.07, 6.45) is -0.147. The summed E-state index contributed by atoms with van der Waals surface area (Å²) < 4.78 is 5.67. The van der Waals surface area contributed by atoms with Gasteiger partial charge in [0, 0.05) is 18.0 Å². The third-order valence-corrected chi connectivity index (χ3v) is 4.41. The first kappa shape index (κ1) is 14.0. The molecule has 0 bridgehead atoms. The first-order valence-electron chi connectivity index (χ1n) is 6.51. The smallest absolute Gasteiger partial charge is 0.225 e. The van der Waals surface area contributed by atoms with Crippen LogP contribution in [-0.2, 0) is 4.74 Å². The lowest BCUT2D eigenvalue weighted by atomic mass is 10.2. The van der Waals surface area contributed by atoms with Gasteiger partial charge in [0.05, 0.1) is 24.2 Å². The van der Waals surface area contributed by atoms with Crippen molar-refractivity contribution in [2.75, 3.05) is 24.6 Å². The molecular formula is C13H16ClN3O2S. The van der Waals surface area contributed by atoms with Crippen LogP contribution in [0.1, 0.15) is 11.8 Å². The van der Waals surface area contributed by atoms with Crippen molar-refractivity contribution in [3.05, 3.63) is 16.2 Å². The fourth-order valence-electron chi connectivity index (χ4n) is 2.56. The van der Waals surface area contributed by atoms with E-state index in [0.29, 0.717) is 6.54 Å². The molecule has 0 radical (unpaired) electrons. The Kier molecular flexibility index (Phi) is 3.81. The summed E-state index contributed by atoms with van der Waals surface area (Å²) in [5.41, 5.74) is 0. The molecule has 1 aliphatic heterocycles. The number of aliphatic hydroxyl groups excluding tert-OH is 1. The Morgan fingerprint density at radius 2 is 2.30 bits per heavy atom. The molecule has 0 aromatic carbocycles. The number of fused-ring (bicyclic) bond motifs is 1. The van der Waals surface area contributed by atoms with Gasteiger partial charge in [-0.2, -0.15) is 4.98 Å². The molecule has 1 N–H and O–H groups in total. The van der Waals surface area contributed by atoms with E-state index in [1.165, 1.54) is 4.88 Å². The summed E-state index contributed by atoms with van der Waals surface area (Å²) in [7, 11) is 0. The molecule has 2 unspecified atom stereocenters. The maximum Gasteiger partial charge on any atom is 0.225 e. The molecule has 20 heavy (non-hydrogen) atoms. The Balaban J connectivity index is 2.04. The van der Waals surface area contributed by atoms with Crippen molar-refractivity contribution >= 4 is 39.0 Å². The minimum Gasteiger partial charge on any atom is -0.394 e. The third-order valence-electron chi connectivity index (χ3n) is 3.30. The first-order chi connectivity index (χ1) is 9.56. The van der Waals surface area contributed by atoms with Crippen LogP contribution in [0.4, 0.5) is 5.82 Å². The average molecular weight is 314 g/mol. The standard InChI is InChI=1S/C13H16ClN3O2S/c1-7-4-17(5-9(6-18)19-7)11-10-3-8(2)20-12(10)16-13(14)15-11/h3,7,9,18H,4-6H2,1-2H3. The summed E-state index contributed by atoms with van der Waals surface area (Å²) in [5, 5.41) is 10.6. The lowest BCUT2D eigenvalue weighted by Gasteiger charge is -2.37. The monoisotopic (exact) mass is 313 g/mol. The zero-order chi connectivity index (χ0) is 14.3. The summed E-state index contributed by atoms with van der Waals surface area (Å²) in [5.74, 6) is 0.831. The van der Waals surface area contributed by atoms with Crippen LogP contribution in [0.2, 0.25) is 5.28 Å². The van der Waals surface area contributed by atoms with E-state index in [-0.39, 0.29) is 24.1 Å². The van der Waals surface area contributed by atoms with Gasteiger partial charge in [-0.15, -0.1) is 11.3 Å². The number of ether oxygens (including phenoxy) is 1. The van der Waals surface area contributed by atoms with E-state index < -0.39 is 0 Å². The lowest BCUT2D eigenvalue weighted by Crippen LogP contribution is -2.48. The zero-order valence-electron chi connectivity index (χ0n) is 11.3. The van der Waals surface area contributed by atoms with Crippen LogP contribution in [-0.4, -0.2) is 47.0 Å². The highest BCUT2D eigenvalue weighted by atomic mass is 35.5. The third kappa shape index (κ3) is 2.61. The largest absolute Gasteiger partial charge is 0.394 e. The maximum atomic E-state index is 9.34. The minimum absolute atomic E-state index is 0.00542. The zero-order valence-corrected chi connectivity index (χ0v) is 12.9. The predicted molar refractivity (Wildman–Crippen MR) is 80.8 cm³/mol. The summed E-state index contributed by atoms with van der Waals surface area (Å²) in [6.45, 7) is 5.38. The Bertz CT molecular complexity index is 633. The second-order valence-electron chi connectivity index (χ2n) is 5.05. The molecule has 0 aliphatic carbocycles. The Morgan fingerprint density at radius 1 is 1.50 bits per heavy atom. The predicted octanol–water partition coefficient (Wildman–Crippen LogP) is 2.24. The van der Waals surface area contributed by atoms with Gasteiger partial charge < -0.3 is 14.7 Å². The minimum atomic E-state index is -0.192. The molecule has 0 spiro atoms. The highest BCUT2D eigenvalue weighted by Crippen LogP contribution is 2.32. The number of anilines is 1. The van der Waals surface area contributed by atoms with Crippen molar-refractivity contribution in [1.29, 1.82) is 0 Å². The van der Waals surface area contributed by atoms with E-state index in [9.17, 15) is 5.11 Å². The topological polar surface area (TPSA) is 58.5 Å². The fraction of sp³-hybridized carbons (Fsp3) is 0.538. The molecule has 0 amide bonds. The average Bonchev–Trinajstić information content (AvgIpc) is 2.77. The van der Waals surface area contributed by atoms with Crippen LogP contribution < -0.4 is 4.90 Å². The van der Waals surface area contributed by atoms with Crippen LogP contribution >= 0.6 is 22.9 Å². The second-order valence-corrected chi connectivity index (χ2v) is 6.62. The Morgan fingerprint density at radius 3 is 3.05 bits per heavy atom. The molecule has 2 aromatic heterocycles. The van der Waals surface area contributed by atoms with Gasteiger partial charge in [0.1, 0.15) is 10.6 Å². The van der Waals surface area contributed by atoms with Crippen LogP contribution in [0.15, 0.2) is 6.07 Å². The van der Waals surface area contributed by atoms with Crippen molar-refractivity contribution in [1.82, 2.24) is 9.97 Å². The van der Waals surface area contributed by atoms with Crippen LogP contribution in [0.3, 0.4) is 0 Å². The molecular weight excluding hydrogens is 298 g/mol. The SMILES string of the molecule is Cc1cc2c(N3CC(C)OC(CO)C3)nc(Cl)nc2s1. The molecule has 2 aromatic rings. The molecule has 1 fully saturated rings. The van der Waals surface area contributed by atoms with Crippen LogP contribution in [0.25, 0.3) is 10.2 Å². The van der Waals surface area contributed by atoms with Crippen molar-refractivity contribution < 1.29 is 9.84 Å². The quantitative estimate of drug-likeness (QED) is 0.862. The Labute approximate surface area is 126 Å². The van der Waals surface area contributed by atoms with Crippen molar-refractivity contribution in [2.24, 2.45) is 0 Å². The molecule has 2 atom stereocenters. The number of aryl methyl sites for hydroxylation is 1. The van der Waals surface area contributed by atoms with E-state index >= 15 is 0 Å². The number of hydrogen-bond donors (Lipinski definition) is 1. The number of rotatable bonds is 2. The molecule has 3 rings (SSSR count). The second kappa shape index (κ2) is 5.44. The number of halogens is 1. The molecule has 3 heterocycles. The van der Waals surface area contributed by atoms with E-state index in [2.05, 4.69) is 20.9 Å². The van der Waals surface area contributed by atoms with E-state index in [1.54, 1.807) is 11.3 Å². The van der Waals surface area contributed by atoms with Gasteiger partial charge in [-0.1, -0.05) is 0 Å².